The molecule has 1 saturated heterocycles. The molecule has 2 N–H and O–H groups in total. The van der Waals surface area contributed by atoms with E-state index in [4.69, 9.17) is 16.3 Å². The van der Waals surface area contributed by atoms with Crippen molar-refractivity contribution in [2.75, 3.05) is 50.1 Å². The molecule has 0 aliphatic carbocycles. The van der Waals surface area contributed by atoms with E-state index in [0.29, 0.717) is 17.9 Å². The van der Waals surface area contributed by atoms with Crippen molar-refractivity contribution in [1.82, 2.24) is 0 Å². The number of hydrogen-bond acceptors (Lipinski definition) is 3. The number of methoxy groups -OCH3 is 1. The smallest absolute Gasteiger partial charge is 0.224 e. The Morgan fingerprint density at radius 2 is 1.89 bits per heavy atom. The van der Waals surface area contributed by atoms with Crippen molar-refractivity contribution < 1.29 is 14.4 Å². The SMILES string of the molecule is CC[NH+]1CCN(c2ccc(Cl)cc2NC(=O)CCc2ccc(OC)cc2)CC1. The van der Waals surface area contributed by atoms with E-state index in [1.807, 2.05) is 42.5 Å². The molecule has 2 aromatic rings. The van der Waals surface area contributed by atoms with Gasteiger partial charge in [0.25, 0.3) is 0 Å². The second kappa shape index (κ2) is 9.80. The molecule has 1 aliphatic rings. The minimum Gasteiger partial charge on any atom is -0.497 e. The van der Waals surface area contributed by atoms with Crippen molar-refractivity contribution in [3.63, 3.8) is 0 Å². The molecule has 1 amide bonds. The Bertz CT molecular complexity index is 787. The zero-order chi connectivity index (χ0) is 19.9. The molecule has 0 radical (unpaired) electrons. The molecular formula is C22H29ClN3O2+. The molecule has 0 bridgehead atoms. The van der Waals surface area contributed by atoms with Gasteiger partial charge in [-0.25, -0.2) is 0 Å². The summed E-state index contributed by atoms with van der Waals surface area (Å²) in [5.74, 6) is 0.818. The second-order valence-electron chi connectivity index (χ2n) is 7.15. The number of carbonyl (C=O) groups is 1. The molecule has 0 saturated carbocycles. The first-order chi connectivity index (χ1) is 13.6. The number of hydrogen-bond donors (Lipinski definition) is 2. The van der Waals surface area contributed by atoms with Crippen LogP contribution in [-0.2, 0) is 11.2 Å². The van der Waals surface area contributed by atoms with E-state index in [2.05, 4.69) is 17.1 Å². The molecule has 5 nitrogen and oxygen atoms in total. The van der Waals surface area contributed by atoms with Gasteiger partial charge >= 0.3 is 0 Å². The summed E-state index contributed by atoms with van der Waals surface area (Å²) in [5, 5.41) is 3.70. The molecule has 0 unspecified atom stereocenters. The number of carbonyl (C=O) groups excluding carboxylic acids is 1. The number of piperazine rings is 1. The first-order valence-electron chi connectivity index (χ1n) is 9.90. The summed E-state index contributed by atoms with van der Waals surface area (Å²) in [5.41, 5.74) is 2.96. The van der Waals surface area contributed by atoms with Crippen LogP contribution in [0.15, 0.2) is 42.5 Å². The summed E-state index contributed by atoms with van der Waals surface area (Å²) < 4.78 is 5.17. The number of rotatable bonds is 7. The molecule has 3 rings (SSSR count). The monoisotopic (exact) mass is 402 g/mol. The summed E-state index contributed by atoms with van der Waals surface area (Å²) in [4.78, 5) is 16.5. The number of ether oxygens (including phenoxy) is 1. The van der Waals surface area contributed by atoms with Crippen LogP contribution in [-0.4, -0.2) is 45.7 Å². The highest BCUT2D eigenvalue weighted by Gasteiger charge is 2.21. The normalized spacial score (nSPS) is 14.8. The van der Waals surface area contributed by atoms with Gasteiger partial charge in [0.1, 0.15) is 5.75 Å². The van der Waals surface area contributed by atoms with Crippen molar-refractivity contribution >= 4 is 28.9 Å². The lowest BCUT2D eigenvalue weighted by Crippen LogP contribution is -3.14. The lowest BCUT2D eigenvalue weighted by atomic mass is 10.1. The van der Waals surface area contributed by atoms with Crippen LogP contribution in [0.3, 0.4) is 0 Å². The highest BCUT2D eigenvalue weighted by atomic mass is 35.5. The van der Waals surface area contributed by atoms with Crippen LogP contribution in [0.2, 0.25) is 5.02 Å². The van der Waals surface area contributed by atoms with Crippen LogP contribution in [0.4, 0.5) is 11.4 Å². The molecule has 1 aliphatic heterocycles. The molecule has 0 spiro atoms. The Balaban J connectivity index is 1.62. The average molecular weight is 403 g/mol. The van der Waals surface area contributed by atoms with Crippen molar-refractivity contribution in [3.05, 3.63) is 53.1 Å². The van der Waals surface area contributed by atoms with Crippen molar-refractivity contribution in [2.24, 2.45) is 0 Å². The largest absolute Gasteiger partial charge is 0.497 e. The number of likely N-dealkylation sites (N-methyl/N-ethyl adjacent to an activating group) is 1. The summed E-state index contributed by atoms with van der Waals surface area (Å²) in [6.07, 6.45) is 1.11. The Kier molecular flexibility index (Phi) is 7.18. The number of halogens is 1. The highest BCUT2D eigenvalue weighted by molar-refractivity contribution is 6.31. The Morgan fingerprint density at radius 3 is 2.54 bits per heavy atom. The van der Waals surface area contributed by atoms with Crippen LogP contribution >= 0.6 is 11.6 Å². The zero-order valence-electron chi connectivity index (χ0n) is 16.6. The summed E-state index contributed by atoms with van der Waals surface area (Å²) in [6, 6.07) is 13.6. The van der Waals surface area contributed by atoms with E-state index in [0.717, 1.165) is 55.4 Å². The molecule has 1 fully saturated rings. The van der Waals surface area contributed by atoms with Crippen LogP contribution in [0.5, 0.6) is 5.75 Å². The van der Waals surface area contributed by atoms with Crippen LogP contribution < -0.4 is 19.9 Å². The van der Waals surface area contributed by atoms with Crippen molar-refractivity contribution in [1.29, 1.82) is 0 Å². The predicted octanol–water partition coefficient (Wildman–Crippen LogP) is 2.64. The highest BCUT2D eigenvalue weighted by Crippen LogP contribution is 2.29. The lowest BCUT2D eigenvalue weighted by Gasteiger charge is -2.34. The van der Waals surface area contributed by atoms with Gasteiger partial charge in [-0.1, -0.05) is 23.7 Å². The number of nitrogens with one attached hydrogen (secondary N) is 2. The first kappa shape index (κ1) is 20.5. The van der Waals surface area contributed by atoms with Gasteiger partial charge in [-0.05, 0) is 49.2 Å². The third-order valence-electron chi connectivity index (χ3n) is 5.34. The van der Waals surface area contributed by atoms with E-state index in [-0.39, 0.29) is 5.91 Å². The molecule has 1 heterocycles. The van der Waals surface area contributed by atoms with Gasteiger partial charge in [0.2, 0.25) is 5.91 Å². The molecule has 0 atom stereocenters. The van der Waals surface area contributed by atoms with E-state index in [9.17, 15) is 4.79 Å². The quantitative estimate of drug-likeness (QED) is 0.748. The number of aryl methyl sites for hydroxylation is 1. The molecule has 28 heavy (non-hydrogen) atoms. The van der Waals surface area contributed by atoms with Crippen molar-refractivity contribution in [2.45, 2.75) is 19.8 Å². The maximum atomic E-state index is 12.6. The minimum absolute atomic E-state index is 0.00264. The Labute approximate surface area is 172 Å². The van der Waals surface area contributed by atoms with Gasteiger partial charge in [0, 0.05) is 11.4 Å². The van der Waals surface area contributed by atoms with E-state index in [1.54, 1.807) is 12.0 Å². The molecule has 0 aromatic heterocycles. The van der Waals surface area contributed by atoms with Gasteiger partial charge in [0.15, 0.2) is 0 Å². The number of anilines is 2. The summed E-state index contributed by atoms with van der Waals surface area (Å²) >= 11 is 6.20. The number of nitrogens with zero attached hydrogens (tertiary/aromatic N) is 1. The molecule has 6 heteroatoms. The van der Waals surface area contributed by atoms with Gasteiger partial charge < -0.3 is 19.9 Å². The molecule has 2 aromatic carbocycles. The summed E-state index contributed by atoms with van der Waals surface area (Å²) in [6.45, 7) is 7.58. The second-order valence-corrected chi connectivity index (χ2v) is 7.58. The average Bonchev–Trinajstić information content (AvgIpc) is 2.73. The predicted molar refractivity (Wildman–Crippen MR) is 115 cm³/mol. The number of benzene rings is 2. The summed E-state index contributed by atoms with van der Waals surface area (Å²) in [7, 11) is 1.65. The van der Waals surface area contributed by atoms with E-state index < -0.39 is 0 Å². The van der Waals surface area contributed by atoms with Crippen LogP contribution in [0, 0.1) is 0 Å². The topological polar surface area (TPSA) is 46.0 Å². The van der Waals surface area contributed by atoms with Gasteiger partial charge in [-0.2, -0.15) is 0 Å². The minimum atomic E-state index is -0.00264. The first-order valence-corrected chi connectivity index (χ1v) is 10.3. The third kappa shape index (κ3) is 5.40. The Morgan fingerprint density at radius 1 is 1.18 bits per heavy atom. The van der Waals surface area contributed by atoms with Gasteiger partial charge in [-0.15, -0.1) is 0 Å². The van der Waals surface area contributed by atoms with Crippen LogP contribution in [0.25, 0.3) is 0 Å². The van der Waals surface area contributed by atoms with Crippen LogP contribution in [0.1, 0.15) is 18.9 Å². The molecule has 150 valence electrons. The van der Waals surface area contributed by atoms with Gasteiger partial charge in [0.05, 0.1) is 51.2 Å². The third-order valence-corrected chi connectivity index (χ3v) is 5.58. The number of amides is 1. The fraction of sp³-hybridized carbons (Fsp3) is 0.409. The number of quaternary nitrogens is 1. The fourth-order valence-electron chi connectivity index (χ4n) is 3.56. The zero-order valence-corrected chi connectivity index (χ0v) is 17.4. The van der Waals surface area contributed by atoms with E-state index in [1.165, 1.54) is 0 Å². The maximum Gasteiger partial charge on any atom is 0.224 e. The standard InChI is InChI=1S/C22H28ClN3O2/c1-3-25-12-14-26(15-13-25)21-10-7-18(23)16-20(21)24-22(27)11-6-17-4-8-19(28-2)9-5-17/h4-5,7-10,16H,3,6,11-15H2,1-2H3,(H,24,27)/p+1. The van der Waals surface area contributed by atoms with Gasteiger partial charge in [-0.3, -0.25) is 4.79 Å². The molecular weight excluding hydrogens is 374 g/mol. The maximum absolute atomic E-state index is 12.6. The fourth-order valence-corrected chi connectivity index (χ4v) is 3.74. The lowest BCUT2D eigenvalue weighted by molar-refractivity contribution is -0.898. The van der Waals surface area contributed by atoms with E-state index >= 15 is 0 Å². The van der Waals surface area contributed by atoms with Crippen molar-refractivity contribution in [3.8, 4) is 5.75 Å². The Hall–Kier alpha value is -2.24.